The zero-order chi connectivity index (χ0) is 24.1. The number of hydrogen-bond acceptors (Lipinski definition) is 5. The van der Waals surface area contributed by atoms with Crippen molar-refractivity contribution in [2.75, 3.05) is 6.54 Å². The summed E-state index contributed by atoms with van der Waals surface area (Å²) in [5, 5.41) is 12.2. The maximum atomic E-state index is 14.0. The molecule has 2 heterocycles. The van der Waals surface area contributed by atoms with Crippen molar-refractivity contribution in [1.82, 2.24) is 14.7 Å². The number of benzene rings is 1. The van der Waals surface area contributed by atoms with E-state index in [0.29, 0.717) is 35.5 Å². The number of aryl methyl sites for hydroxylation is 1. The molecule has 0 aliphatic rings. The SMILES string of the molecule is CCC(NCCc1c(C)nc2sccn2c1=O)c1ccc(F)cc1F.O=C(O)C(F)(F)F. The molecule has 3 aromatic rings. The summed E-state index contributed by atoms with van der Waals surface area (Å²) >= 11 is 1.42. The largest absolute Gasteiger partial charge is 0.490 e. The molecule has 1 atom stereocenters. The minimum absolute atomic E-state index is 0.0634. The first-order valence-corrected chi connectivity index (χ1v) is 10.3. The minimum Gasteiger partial charge on any atom is -0.475 e. The highest BCUT2D eigenvalue weighted by Gasteiger charge is 2.38. The van der Waals surface area contributed by atoms with Crippen LogP contribution < -0.4 is 10.9 Å². The van der Waals surface area contributed by atoms with Crippen LogP contribution in [-0.2, 0) is 11.2 Å². The van der Waals surface area contributed by atoms with Crippen LogP contribution in [-0.4, -0.2) is 33.2 Å². The number of alkyl halides is 3. The Hall–Kier alpha value is -2.86. The lowest BCUT2D eigenvalue weighted by molar-refractivity contribution is -0.192. The number of carbonyl (C=O) groups is 1. The average molecular weight is 477 g/mol. The Morgan fingerprint density at radius 3 is 2.53 bits per heavy atom. The monoisotopic (exact) mass is 477 g/mol. The normalized spacial score (nSPS) is 12.3. The van der Waals surface area contributed by atoms with E-state index >= 15 is 0 Å². The smallest absolute Gasteiger partial charge is 0.475 e. The Labute approximate surface area is 183 Å². The van der Waals surface area contributed by atoms with Gasteiger partial charge in [0.05, 0.1) is 0 Å². The molecular formula is C20H20F5N3O3S. The van der Waals surface area contributed by atoms with Crippen molar-refractivity contribution in [2.24, 2.45) is 0 Å². The van der Waals surface area contributed by atoms with Crippen molar-refractivity contribution < 1.29 is 31.9 Å². The highest BCUT2D eigenvalue weighted by atomic mass is 32.1. The molecule has 6 nitrogen and oxygen atoms in total. The van der Waals surface area contributed by atoms with Gasteiger partial charge in [-0.25, -0.2) is 18.6 Å². The highest BCUT2D eigenvalue weighted by Crippen LogP contribution is 2.21. The molecule has 0 spiro atoms. The molecular weight excluding hydrogens is 457 g/mol. The molecule has 0 aliphatic carbocycles. The number of carboxylic acids is 1. The number of rotatable bonds is 6. The Morgan fingerprint density at radius 2 is 1.97 bits per heavy atom. The first kappa shape index (κ1) is 25.4. The summed E-state index contributed by atoms with van der Waals surface area (Å²) in [6.07, 6.45) is -2.22. The van der Waals surface area contributed by atoms with E-state index in [1.54, 1.807) is 10.6 Å². The zero-order valence-electron chi connectivity index (χ0n) is 17.0. The molecule has 1 aromatic carbocycles. The number of fused-ring (bicyclic) bond motifs is 1. The van der Waals surface area contributed by atoms with Gasteiger partial charge < -0.3 is 10.4 Å². The highest BCUT2D eigenvalue weighted by molar-refractivity contribution is 7.15. The van der Waals surface area contributed by atoms with Gasteiger partial charge in [0, 0.05) is 47.1 Å². The third-order valence-electron chi connectivity index (χ3n) is 4.52. The van der Waals surface area contributed by atoms with Crippen LogP contribution in [0.4, 0.5) is 22.0 Å². The van der Waals surface area contributed by atoms with E-state index in [2.05, 4.69) is 10.3 Å². The molecule has 2 aromatic heterocycles. The van der Waals surface area contributed by atoms with E-state index in [-0.39, 0.29) is 11.6 Å². The van der Waals surface area contributed by atoms with E-state index in [1.165, 1.54) is 23.5 Å². The quantitative estimate of drug-likeness (QED) is 0.519. The summed E-state index contributed by atoms with van der Waals surface area (Å²) in [7, 11) is 0. The Bertz CT molecular complexity index is 1140. The van der Waals surface area contributed by atoms with E-state index in [1.807, 2.05) is 19.2 Å². The first-order chi connectivity index (χ1) is 15.0. The standard InChI is InChI=1S/C18H19F2N3OS.C2HF3O2/c1-3-16(14-5-4-12(19)10-15(14)20)21-7-6-13-11(2)22-18-23(17(13)24)8-9-25-18;3-2(4,5)1(6)7/h4-5,8-10,16,21H,3,6-7H2,1-2H3;(H,6,7). The van der Waals surface area contributed by atoms with Crippen molar-refractivity contribution in [2.45, 2.75) is 38.9 Å². The molecule has 174 valence electrons. The lowest BCUT2D eigenvalue weighted by Crippen LogP contribution is -2.28. The van der Waals surface area contributed by atoms with Gasteiger partial charge >= 0.3 is 12.1 Å². The molecule has 12 heteroatoms. The van der Waals surface area contributed by atoms with Crippen LogP contribution in [0.15, 0.2) is 34.6 Å². The van der Waals surface area contributed by atoms with Crippen molar-refractivity contribution in [3.8, 4) is 0 Å². The number of nitrogens with zero attached hydrogens (tertiary/aromatic N) is 2. The number of aliphatic carboxylic acids is 1. The molecule has 0 aliphatic heterocycles. The van der Waals surface area contributed by atoms with Gasteiger partial charge in [-0.3, -0.25) is 9.20 Å². The topological polar surface area (TPSA) is 83.7 Å². The third kappa shape index (κ3) is 6.33. The minimum atomic E-state index is -5.08. The predicted octanol–water partition coefficient (Wildman–Crippen LogP) is 4.26. The maximum absolute atomic E-state index is 14.0. The molecule has 0 saturated heterocycles. The Kier molecular flexibility index (Phi) is 8.44. The number of carboxylic acid groups (broad SMARTS) is 1. The van der Waals surface area contributed by atoms with Crippen molar-refractivity contribution in [3.05, 3.63) is 68.6 Å². The van der Waals surface area contributed by atoms with Gasteiger partial charge in [-0.15, -0.1) is 11.3 Å². The molecule has 2 N–H and O–H groups in total. The van der Waals surface area contributed by atoms with E-state index in [0.717, 1.165) is 11.8 Å². The summed E-state index contributed by atoms with van der Waals surface area (Å²) in [5.41, 5.74) is 1.74. The molecule has 3 rings (SSSR count). The maximum Gasteiger partial charge on any atom is 0.490 e. The van der Waals surface area contributed by atoms with Gasteiger partial charge in [0.15, 0.2) is 4.96 Å². The second-order valence-corrected chi connectivity index (χ2v) is 7.54. The molecule has 0 fully saturated rings. The summed E-state index contributed by atoms with van der Waals surface area (Å²) < 4.78 is 60.3. The molecule has 0 saturated carbocycles. The fraction of sp³-hybridized carbons (Fsp3) is 0.350. The molecule has 0 bridgehead atoms. The summed E-state index contributed by atoms with van der Waals surface area (Å²) in [6.45, 7) is 4.26. The van der Waals surface area contributed by atoms with Crippen LogP contribution in [0, 0.1) is 18.6 Å². The van der Waals surface area contributed by atoms with Gasteiger partial charge in [0.1, 0.15) is 11.6 Å². The van der Waals surface area contributed by atoms with Gasteiger partial charge in [-0.1, -0.05) is 13.0 Å². The van der Waals surface area contributed by atoms with Crippen LogP contribution in [0.5, 0.6) is 0 Å². The molecule has 0 amide bonds. The van der Waals surface area contributed by atoms with Crippen LogP contribution in [0.3, 0.4) is 0 Å². The van der Waals surface area contributed by atoms with Crippen LogP contribution in [0.2, 0.25) is 0 Å². The van der Waals surface area contributed by atoms with E-state index in [4.69, 9.17) is 9.90 Å². The number of thiazole rings is 1. The number of hydrogen-bond donors (Lipinski definition) is 2. The lowest BCUT2D eigenvalue weighted by Gasteiger charge is -2.18. The van der Waals surface area contributed by atoms with Crippen molar-refractivity contribution >= 4 is 22.3 Å². The van der Waals surface area contributed by atoms with Crippen molar-refractivity contribution in [3.63, 3.8) is 0 Å². The molecule has 1 unspecified atom stereocenters. The van der Waals surface area contributed by atoms with Gasteiger partial charge in [-0.05, 0) is 25.8 Å². The average Bonchev–Trinajstić information content (AvgIpc) is 3.16. The van der Waals surface area contributed by atoms with Crippen LogP contribution in [0.1, 0.15) is 36.2 Å². The van der Waals surface area contributed by atoms with Gasteiger partial charge in [0.25, 0.3) is 5.56 Å². The fourth-order valence-electron chi connectivity index (χ4n) is 2.94. The van der Waals surface area contributed by atoms with E-state index < -0.39 is 23.8 Å². The Balaban J connectivity index is 0.000000451. The third-order valence-corrected chi connectivity index (χ3v) is 5.28. The second kappa shape index (κ2) is 10.6. The number of nitrogens with one attached hydrogen (secondary N) is 1. The molecule has 0 radical (unpaired) electrons. The Morgan fingerprint density at radius 1 is 1.31 bits per heavy atom. The van der Waals surface area contributed by atoms with Crippen LogP contribution >= 0.6 is 11.3 Å². The summed E-state index contributed by atoms with van der Waals surface area (Å²) in [5.74, 6) is -3.90. The number of aromatic nitrogens is 2. The predicted molar refractivity (Wildman–Crippen MR) is 109 cm³/mol. The summed E-state index contributed by atoms with van der Waals surface area (Å²) in [4.78, 5) is 26.5. The van der Waals surface area contributed by atoms with E-state index in [9.17, 15) is 26.7 Å². The summed E-state index contributed by atoms with van der Waals surface area (Å²) in [6, 6.07) is 3.38. The van der Waals surface area contributed by atoms with Gasteiger partial charge in [0.2, 0.25) is 0 Å². The van der Waals surface area contributed by atoms with Crippen molar-refractivity contribution in [1.29, 1.82) is 0 Å². The number of halogens is 5. The first-order valence-electron chi connectivity index (χ1n) is 9.39. The molecule has 32 heavy (non-hydrogen) atoms. The second-order valence-electron chi connectivity index (χ2n) is 6.67. The van der Waals surface area contributed by atoms with Gasteiger partial charge in [-0.2, -0.15) is 13.2 Å². The fourth-order valence-corrected chi connectivity index (χ4v) is 3.69. The van der Waals surface area contributed by atoms with Crippen LogP contribution in [0.25, 0.3) is 4.96 Å². The lowest BCUT2D eigenvalue weighted by atomic mass is 10.0. The zero-order valence-corrected chi connectivity index (χ0v) is 17.9.